The van der Waals surface area contributed by atoms with Crippen molar-refractivity contribution in [3.8, 4) is 0 Å². The Labute approximate surface area is 84.8 Å². The van der Waals surface area contributed by atoms with Crippen LogP contribution in [0.1, 0.15) is 5.69 Å². The van der Waals surface area contributed by atoms with Crippen LogP contribution >= 0.6 is 24.8 Å². The first kappa shape index (κ1) is 14.2. The van der Waals surface area contributed by atoms with Crippen LogP contribution in [0.4, 0.5) is 0 Å². The highest BCUT2D eigenvalue weighted by Gasteiger charge is 1.87. The summed E-state index contributed by atoms with van der Waals surface area (Å²) in [4.78, 5) is 4.11. The lowest BCUT2D eigenvalue weighted by atomic mass is 10.4. The topological polar surface area (TPSA) is 37.0 Å². The van der Waals surface area contributed by atoms with Crippen LogP contribution in [0.2, 0.25) is 0 Å². The van der Waals surface area contributed by atoms with Gasteiger partial charge in [0.05, 0.1) is 12.2 Å². The molecule has 0 spiro atoms. The van der Waals surface area contributed by atoms with Gasteiger partial charge in [-0.15, -0.1) is 24.8 Å². The first-order chi connectivity index (χ1) is 4.93. The molecule has 1 heterocycles. The first-order valence-corrected chi connectivity index (χ1v) is 3.23. The van der Waals surface area contributed by atoms with Gasteiger partial charge in [0.1, 0.15) is 0 Å². The van der Waals surface area contributed by atoms with Gasteiger partial charge in [0.25, 0.3) is 0 Å². The zero-order chi connectivity index (χ0) is 7.23. The van der Waals surface area contributed by atoms with E-state index in [1.165, 1.54) is 0 Å². The van der Waals surface area contributed by atoms with Crippen molar-refractivity contribution in [1.29, 1.82) is 0 Å². The van der Waals surface area contributed by atoms with Gasteiger partial charge in [-0.2, -0.15) is 0 Å². The van der Waals surface area contributed by atoms with Crippen LogP contribution in [0.25, 0.3) is 0 Å². The number of hydrogen-bond acceptors (Lipinski definition) is 3. The predicted octanol–water partition coefficient (Wildman–Crippen LogP) is 1.15. The molecule has 0 aromatic carbocycles. The second kappa shape index (κ2) is 8.74. The minimum atomic E-state index is 0. The number of hydrogen-bond donors (Lipinski definition) is 2. The number of halogens is 2. The van der Waals surface area contributed by atoms with Gasteiger partial charge in [-0.05, 0) is 19.2 Å². The number of hydrazine groups is 1. The van der Waals surface area contributed by atoms with E-state index in [1.807, 2.05) is 25.2 Å². The lowest BCUT2D eigenvalue weighted by Gasteiger charge is -1.99. The average Bonchev–Trinajstić information content (AvgIpc) is 2.03. The molecule has 0 aliphatic rings. The standard InChI is InChI=1S/C7H11N3.2ClH/c1-8-10-6-7-4-2-3-5-9-7;;/h2-5,8,10H,6H2,1H3;2*1H. The van der Waals surface area contributed by atoms with Gasteiger partial charge >= 0.3 is 0 Å². The zero-order valence-electron chi connectivity index (χ0n) is 6.78. The molecule has 2 N–H and O–H groups in total. The smallest absolute Gasteiger partial charge is 0.0555 e. The minimum Gasteiger partial charge on any atom is -0.261 e. The van der Waals surface area contributed by atoms with Gasteiger partial charge in [0.2, 0.25) is 0 Å². The van der Waals surface area contributed by atoms with Gasteiger partial charge in [-0.25, -0.2) is 0 Å². The Hall–Kier alpha value is -0.350. The van der Waals surface area contributed by atoms with Crippen molar-refractivity contribution in [3.05, 3.63) is 30.1 Å². The van der Waals surface area contributed by atoms with Crippen molar-refractivity contribution in [3.63, 3.8) is 0 Å². The number of aromatic nitrogens is 1. The zero-order valence-corrected chi connectivity index (χ0v) is 8.41. The Bertz CT molecular complexity index is 181. The fourth-order valence-corrected chi connectivity index (χ4v) is 0.682. The van der Waals surface area contributed by atoms with Crippen molar-refractivity contribution < 1.29 is 0 Å². The van der Waals surface area contributed by atoms with Crippen molar-refractivity contribution in [2.45, 2.75) is 6.54 Å². The number of pyridine rings is 1. The van der Waals surface area contributed by atoms with Gasteiger partial charge in [-0.1, -0.05) is 6.07 Å². The van der Waals surface area contributed by atoms with Crippen LogP contribution < -0.4 is 10.9 Å². The van der Waals surface area contributed by atoms with E-state index in [0.29, 0.717) is 0 Å². The molecule has 1 aromatic heterocycles. The van der Waals surface area contributed by atoms with E-state index in [9.17, 15) is 0 Å². The second-order valence-electron chi connectivity index (χ2n) is 1.92. The third kappa shape index (κ3) is 5.32. The summed E-state index contributed by atoms with van der Waals surface area (Å²) < 4.78 is 0. The molecular formula is C7H13Cl2N3. The van der Waals surface area contributed by atoms with E-state index in [1.54, 1.807) is 6.20 Å². The molecule has 5 heteroatoms. The fraction of sp³-hybridized carbons (Fsp3) is 0.286. The molecule has 1 rings (SSSR count). The average molecular weight is 210 g/mol. The highest BCUT2D eigenvalue weighted by Crippen LogP contribution is 1.89. The predicted molar refractivity (Wildman–Crippen MR) is 54.6 cm³/mol. The summed E-state index contributed by atoms with van der Waals surface area (Å²) in [6.07, 6.45) is 1.78. The van der Waals surface area contributed by atoms with Crippen LogP contribution in [-0.2, 0) is 6.54 Å². The normalized spacial score (nSPS) is 8.08. The van der Waals surface area contributed by atoms with E-state index in [4.69, 9.17) is 0 Å². The number of nitrogens with zero attached hydrogens (tertiary/aromatic N) is 1. The maximum atomic E-state index is 4.11. The molecule has 0 fully saturated rings. The largest absolute Gasteiger partial charge is 0.261 e. The minimum absolute atomic E-state index is 0. The summed E-state index contributed by atoms with van der Waals surface area (Å²) in [5, 5.41) is 0. The van der Waals surface area contributed by atoms with Crippen molar-refractivity contribution in [2.24, 2.45) is 0 Å². The third-order valence-corrected chi connectivity index (χ3v) is 1.17. The molecule has 0 aliphatic carbocycles. The first-order valence-electron chi connectivity index (χ1n) is 3.23. The SMILES string of the molecule is CNNCc1ccccn1.Cl.Cl. The Balaban J connectivity index is 0. The maximum Gasteiger partial charge on any atom is 0.0555 e. The molecule has 0 atom stereocenters. The molecule has 70 valence electrons. The highest BCUT2D eigenvalue weighted by atomic mass is 35.5. The van der Waals surface area contributed by atoms with Gasteiger partial charge in [0.15, 0.2) is 0 Å². The molecule has 0 radical (unpaired) electrons. The lowest BCUT2D eigenvalue weighted by molar-refractivity contribution is 0.588. The summed E-state index contributed by atoms with van der Waals surface area (Å²) in [6, 6.07) is 5.85. The van der Waals surface area contributed by atoms with E-state index in [0.717, 1.165) is 12.2 Å². The van der Waals surface area contributed by atoms with Crippen LogP contribution in [0.15, 0.2) is 24.4 Å². The van der Waals surface area contributed by atoms with Gasteiger partial charge < -0.3 is 0 Å². The molecular weight excluding hydrogens is 197 g/mol. The quantitative estimate of drug-likeness (QED) is 0.735. The fourth-order valence-electron chi connectivity index (χ4n) is 0.682. The van der Waals surface area contributed by atoms with E-state index in [2.05, 4.69) is 15.8 Å². The van der Waals surface area contributed by atoms with Crippen LogP contribution in [0, 0.1) is 0 Å². The molecule has 0 saturated heterocycles. The van der Waals surface area contributed by atoms with Crippen LogP contribution in [-0.4, -0.2) is 12.0 Å². The third-order valence-electron chi connectivity index (χ3n) is 1.17. The Morgan fingerprint density at radius 2 is 2.08 bits per heavy atom. The summed E-state index contributed by atoms with van der Waals surface area (Å²) in [5.74, 6) is 0. The molecule has 0 unspecified atom stereocenters. The van der Waals surface area contributed by atoms with Crippen molar-refractivity contribution in [2.75, 3.05) is 7.05 Å². The summed E-state index contributed by atoms with van der Waals surface area (Å²) >= 11 is 0. The van der Waals surface area contributed by atoms with E-state index in [-0.39, 0.29) is 24.8 Å². The van der Waals surface area contributed by atoms with Crippen molar-refractivity contribution in [1.82, 2.24) is 15.8 Å². The molecule has 0 aliphatic heterocycles. The monoisotopic (exact) mass is 209 g/mol. The van der Waals surface area contributed by atoms with E-state index >= 15 is 0 Å². The van der Waals surface area contributed by atoms with Gasteiger partial charge in [-0.3, -0.25) is 15.8 Å². The molecule has 0 amide bonds. The summed E-state index contributed by atoms with van der Waals surface area (Å²) in [6.45, 7) is 0.761. The molecule has 0 saturated carbocycles. The Morgan fingerprint density at radius 3 is 2.58 bits per heavy atom. The van der Waals surface area contributed by atoms with Crippen molar-refractivity contribution >= 4 is 24.8 Å². The van der Waals surface area contributed by atoms with E-state index < -0.39 is 0 Å². The summed E-state index contributed by atoms with van der Waals surface area (Å²) in [7, 11) is 1.84. The van der Waals surface area contributed by atoms with Gasteiger partial charge in [0, 0.05) is 6.20 Å². The Kier molecular flexibility index (Phi) is 10.3. The molecule has 12 heavy (non-hydrogen) atoms. The molecule has 1 aromatic rings. The Morgan fingerprint density at radius 1 is 1.33 bits per heavy atom. The number of rotatable bonds is 3. The molecule has 3 nitrogen and oxygen atoms in total. The molecule has 0 bridgehead atoms. The number of nitrogens with one attached hydrogen (secondary N) is 2. The highest BCUT2D eigenvalue weighted by molar-refractivity contribution is 5.85. The maximum absolute atomic E-state index is 4.11. The lowest BCUT2D eigenvalue weighted by Crippen LogP contribution is -2.26. The van der Waals surface area contributed by atoms with Crippen LogP contribution in [0.5, 0.6) is 0 Å². The summed E-state index contributed by atoms with van der Waals surface area (Å²) in [5.41, 5.74) is 6.82. The second-order valence-corrected chi connectivity index (χ2v) is 1.92. The van der Waals surface area contributed by atoms with Crippen LogP contribution in [0.3, 0.4) is 0 Å².